The fourth-order valence-corrected chi connectivity index (χ4v) is 6.23. The molecule has 6 atom stereocenters. The van der Waals surface area contributed by atoms with Crippen LogP contribution in [0.1, 0.15) is 85.0 Å². The number of aliphatic hydroxyl groups excluding tert-OH is 1. The van der Waals surface area contributed by atoms with Crippen LogP contribution in [0.3, 0.4) is 0 Å². The smallest absolute Gasteiger partial charge is 0.332 e. The van der Waals surface area contributed by atoms with Gasteiger partial charge >= 0.3 is 5.97 Å². The summed E-state index contributed by atoms with van der Waals surface area (Å²) in [6.45, 7) is 6.24. The first kappa shape index (κ1) is 22.0. The van der Waals surface area contributed by atoms with Crippen LogP contribution in [-0.2, 0) is 9.53 Å². The Morgan fingerprint density at radius 1 is 1.07 bits per heavy atom. The SMILES string of the molecule is CC(OC1CC(C)C(CC2CCC(O)C(C3CCCCC3)N2)C(C)C1)C(=O)O. The molecule has 0 aromatic heterocycles. The summed E-state index contributed by atoms with van der Waals surface area (Å²) in [4.78, 5) is 11.1. The van der Waals surface area contributed by atoms with Crippen LogP contribution < -0.4 is 5.32 Å². The molecule has 2 aliphatic carbocycles. The van der Waals surface area contributed by atoms with E-state index in [0.717, 1.165) is 25.7 Å². The fourth-order valence-electron chi connectivity index (χ4n) is 6.23. The monoisotopic (exact) mass is 395 g/mol. The van der Waals surface area contributed by atoms with Crippen molar-refractivity contribution < 1.29 is 19.7 Å². The second-order valence-electron chi connectivity index (χ2n) is 10.00. The summed E-state index contributed by atoms with van der Waals surface area (Å²) in [5.41, 5.74) is 0. The van der Waals surface area contributed by atoms with Gasteiger partial charge in [0.25, 0.3) is 0 Å². The van der Waals surface area contributed by atoms with Gasteiger partial charge in [0.05, 0.1) is 12.2 Å². The third-order valence-electron chi connectivity index (χ3n) is 7.84. The van der Waals surface area contributed by atoms with E-state index in [1.807, 2.05) is 0 Å². The molecule has 0 spiro atoms. The number of carboxylic acid groups (broad SMARTS) is 1. The number of hydrogen-bond acceptors (Lipinski definition) is 4. The molecule has 5 heteroatoms. The number of hydrogen-bond donors (Lipinski definition) is 3. The van der Waals surface area contributed by atoms with E-state index >= 15 is 0 Å². The molecule has 0 radical (unpaired) electrons. The molecule has 3 N–H and O–H groups in total. The summed E-state index contributed by atoms with van der Waals surface area (Å²) in [5, 5.41) is 23.6. The first-order valence-electron chi connectivity index (χ1n) is 11.7. The lowest BCUT2D eigenvalue weighted by molar-refractivity contribution is -0.156. The van der Waals surface area contributed by atoms with Crippen molar-refractivity contribution in [3.8, 4) is 0 Å². The molecule has 1 heterocycles. The van der Waals surface area contributed by atoms with Crippen LogP contribution in [0.15, 0.2) is 0 Å². The van der Waals surface area contributed by atoms with Gasteiger partial charge in [0.2, 0.25) is 0 Å². The van der Waals surface area contributed by atoms with Crippen LogP contribution in [0.4, 0.5) is 0 Å². The number of carboxylic acids is 1. The van der Waals surface area contributed by atoms with E-state index in [-0.39, 0.29) is 18.2 Å². The first-order chi connectivity index (χ1) is 13.3. The van der Waals surface area contributed by atoms with Gasteiger partial charge in [-0.15, -0.1) is 0 Å². The van der Waals surface area contributed by atoms with Crippen LogP contribution in [-0.4, -0.2) is 46.6 Å². The normalized spacial score (nSPS) is 41.5. The lowest BCUT2D eigenvalue weighted by atomic mass is 9.68. The average molecular weight is 396 g/mol. The molecule has 2 saturated carbocycles. The maximum atomic E-state index is 11.1. The van der Waals surface area contributed by atoms with Crippen LogP contribution in [0.5, 0.6) is 0 Å². The van der Waals surface area contributed by atoms with Gasteiger partial charge in [0.15, 0.2) is 6.10 Å². The van der Waals surface area contributed by atoms with Crippen LogP contribution in [0.2, 0.25) is 0 Å². The Morgan fingerprint density at radius 3 is 2.32 bits per heavy atom. The fraction of sp³-hybridized carbons (Fsp3) is 0.957. The van der Waals surface area contributed by atoms with E-state index in [9.17, 15) is 9.90 Å². The maximum Gasteiger partial charge on any atom is 0.332 e. The van der Waals surface area contributed by atoms with Gasteiger partial charge < -0.3 is 20.3 Å². The Morgan fingerprint density at radius 2 is 1.71 bits per heavy atom. The van der Waals surface area contributed by atoms with Gasteiger partial charge in [-0.25, -0.2) is 4.79 Å². The van der Waals surface area contributed by atoms with Gasteiger partial charge in [-0.1, -0.05) is 33.1 Å². The van der Waals surface area contributed by atoms with Crippen molar-refractivity contribution in [1.82, 2.24) is 5.32 Å². The van der Waals surface area contributed by atoms with E-state index in [2.05, 4.69) is 19.2 Å². The molecular formula is C23H41NO4. The Balaban J connectivity index is 1.53. The number of aliphatic hydroxyl groups is 1. The zero-order valence-corrected chi connectivity index (χ0v) is 18.0. The Bertz CT molecular complexity index is 495. The molecule has 28 heavy (non-hydrogen) atoms. The Hall–Kier alpha value is -0.650. The van der Waals surface area contributed by atoms with E-state index in [1.54, 1.807) is 6.92 Å². The minimum absolute atomic E-state index is 0.0588. The third kappa shape index (κ3) is 5.48. The Kier molecular flexibility index (Phi) is 7.80. The van der Waals surface area contributed by atoms with Crippen LogP contribution in [0, 0.1) is 23.7 Å². The summed E-state index contributed by atoms with van der Waals surface area (Å²) >= 11 is 0. The molecular weight excluding hydrogens is 354 g/mol. The predicted octanol–water partition coefficient (Wildman–Crippen LogP) is 3.98. The summed E-state index contributed by atoms with van der Waals surface area (Å²) in [6, 6.07) is 0.779. The Labute approximate surface area is 170 Å². The molecule has 3 rings (SSSR count). The van der Waals surface area contributed by atoms with Crippen molar-refractivity contribution in [2.75, 3.05) is 0 Å². The number of nitrogens with one attached hydrogen (secondary N) is 1. The first-order valence-corrected chi connectivity index (χ1v) is 11.7. The van der Waals surface area contributed by atoms with Crippen molar-refractivity contribution in [2.45, 2.75) is 115 Å². The molecule has 0 bridgehead atoms. The summed E-state index contributed by atoms with van der Waals surface area (Å²) in [5.74, 6) is 1.48. The number of aliphatic carboxylic acids is 1. The average Bonchev–Trinajstić information content (AvgIpc) is 2.66. The lowest BCUT2D eigenvalue weighted by Crippen LogP contribution is -2.55. The molecule has 6 unspecified atom stereocenters. The minimum Gasteiger partial charge on any atom is -0.479 e. The van der Waals surface area contributed by atoms with Crippen LogP contribution >= 0.6 is 0 Å². The standard InChI is InChI=1S/C23H41NO4/c1-14-11-19(28-16(3)23(26)27)12-15(2)20(14)13-18-9-10-21(25)22(24-18)17-7-5-4-6-8-17/h14-22,24-25H,4-13H2,1-3H3,(H,26,27). The topological polar surface area (TPSA) is 78.8 Å². The number of piperidine rings is 1. The van der Waals surface area contributed by atoms with Gasteiger partial charge in [0.1, 0.15) is 0 Å². The van der Waals surface area contributed by atoms with Gasteiger partial charge in [-0.3, -0.25) is 0 Å². The van der Waals surface area contributed by atoms with E-state index in [4.69, 9.17) is 9.84 Å². The number of ether oxygens (including phenoxy) is 1. The van der Waals surface area contributed by atoms with Crippen molar-refractivity contribution in [1.29, 1.82) is 0 Å². The highest BCUT2D eigenvalue weighted by Gasteiger charge is 2.39. The zero-order chi connectivity index (χ0) is 20.3. The number of carbonyl (C=O) groups is 1. The van der Waals surface area contributed by atoms with Gasteiger partial charge in [-0.2, -0.15) is 0 Å². The molecule has 0 aromatic rings. The van der Waals surface area contributed by atoms with Crippen molar-refractivity contribution in [3.63, 3.8) is 0 Å². The van der Waals surface area contributed by atoms with Crippen molar-refractivity contribution in [2.24, 2.45) is 23.7 Å². The molecule has 3 aliphatic rings. The lowest BCUT2D eigenvalue weighted by Gasteiger charge is -2.45. The van der Waals surface area contributed by atoms with E-state index < -0.39 is 12.1 Å². The second kappa shape index (κ2) is 9.90. The summed E-state index contributed by atoms with van der Waals surface area (Å²) in [7, 11) is 0. The highest BCUT2D eigenvalue weighted by Crippen LogP contribution is 2.40. The third-order valence-corrected chi connectivity index (χ3v) is 7.84. The van der Waals surface area contributed by atoms with E-state index in [0.29, 0.717) is 29.7 Å². The quantitative estimate of drug-likeness (QED) is 0.634. The maximum absolute atomic E-state index is 11.1. The largest absolute Gasteiger partial charge is 0.479 e. The van der Waals surface area contributed by atoms with Crippen LogP contribution in [0.25, 0.3) is 0 Å². The second-order valence-corrected chi connectivity index (χ2v) is 10.00. The highest BCUT2D eigenvalue weighted by atomic mass is 16.5. The molecule has 5 nitrogen and oxygen atoms in total. The predicted molar refractivity (Wildman–Crippen MR) is 110 cm³/mol. The molecule has 1 aliphatic heterocycles. The number of rotatable bonds is 6. The molecule has 3 fully saturated rings. The molecule has 162 valence electrons. The molecule has 0 amide bonds. The highest BCUT2D eigenvalue weighted by molar-refractivity contribution is 5.71. The molecule has 0 aromatic carbocycles. The van der Waals surface area contributed by atoms with Gasteiger partial charge in [0, 0.05) is 12.1 Å². The van der Waals surface area contributed by atoms with Crippen molar-refractivity contribution >= 4 is 5.97 Å². The van der Waals surface area contributed by atoms with Gasteiger partial charge in [-0.05, 0) is 75.5 Å². The van der Waals surface area contributed by atoms with E-state index in [1.165, 1.54) is 38.5 Å². The summed E-state index contributed by atoms with van der Waals surface area (Å²) < 4.78 is 5.79. The minimum atomic E-state index is -0.874. The zero-order valence-electron chi connectivity index (χ0n) is 18.0. The van der Waals surface area contributed by atoms with Crippen molar-refractivity contribution in [3.05, 3.63) is 0 Å². The molecule has 1 saturated heterocycles. The summed E-state index contributed by atoms with van der Waals surface area (Å²) in [6.07, 6.45) is 10.7.